The van der Waals surface area contributed by atoms with Gasteiger partial charge in [-0.05, 0) is 68.2 Å². The molecular formula is C29H43NO2. The lowest BCUT2D eigenvalue weighted by Gasteiger charge is -2.38. The van der Waals surface area contributed by atoms with Gasteiger partial charge in [0.25, 0.3) is 0 Å². The average molecular weight is 438 g/mol. The van der Waals surface area contributed by atoms with Gasteiger partial charge < -0.3 is 9.47 Å². The number of rotatable bonds is 3. The first-order valence-electron chi connectivity index (χ1n) is 13.0. The normalized spacial score (nSPS) is 23.1. The number of nitrogens with zero attached hydrogens (tertiary/aromatic N) is 1. The molecule has 0 amide bonds. The fraction of sp³-hybridized carbons (Fsp3) is 0.621. The molecule has 3 aliphatic rings. The minimum absolute atomic E-state index is 0.209. The van der Waals surface area contributed by atoms with E-state index in [4.69, 9.17) is 9.47 Å². The molecule has 3 heterocycles. The van der Waals surface area contributed by atoms with Crippen molar-refractivity contribution in [3.63, 3.8) is 0 Å². The van der Waals surface area contributed by atoms with Crippen molar-refractivity contribution in [1.82, 2.24) is 4.98 Å². The van der Waals surface area contributed by atoms with Gasteiger partial charge in [-0.1, -0.05) is 70.7 Å². The zero-order chi connectivity index (χ0) is 22.7. The Labute approximate surface area is 195 Å². The molecule has 1 aromatic heterocycles. The van der Waals surface area contributed by atoms with E-state index in [0.717, 1.165) is 31.3 Å². The Kier molecular flexibility index (Phi) is 10.1. The largest absolute Gasteiger partial charge is 0.493 e. The lowest BCUT2D eigenvalue weighted by Crippen LogP contribution is -2.36. The van der Waals surface area contributed by atoms with E-state index in [9.17, 15) is 0 Å². The molecule has 3 nitrogen and oxygen atoms in total. The highest BCUT2D eigenvalue weighted by atomic mass is 16.5. The van der Waals surface area contributed by atoms with Crippen LogP contribution in [0, 0.1) is 0 Å². The standard InChI is InChI=1S/C14H19NO.C12H16O.C3H8/c1-4-9-15-13(5-1)12-6-10-16-14(11-12)7-2-3-8-14;1-2-5-10-8-9-13-12-7-4-3-6-11(10)12;1-3-2/h1,4-5,9,12H,2-3,6-8,10-11H2;3-4,6-7,10H,2,5,8-9H2,1H3;3H2,1-2H3/t12-;;/m1../s1. The Morgan fingerprint density at radius 1 is 0.938 bits per heavy atom. The van der Waals surface area contributed by atoms with Crippen LogP contribution in [0.3, 0.4) is 0 Å². The van der Waals surface area contributed by atoms with Gasteiger partial charge >= 0.3 is 0 Å². The predicted molar refractivity (Wildman–Crippen MR) is 134 cm³/mol. The summed E-state index contributed by atoms with van der Waals surface area (Å²) in [5.74, 6) is 2.45. The maximum Gasteiger partial charge on any atom is 0.122 e. The molecule has 32 heavy (non-hydrogen) atoms. The SMILES string of the molecule is CCC.CCCC1CCOc2ccccc21.c1ccc([C@@H]2CCOC3(CCCC3)C2)nc1. The molecule has 0 N–H and O–H groups in total. The fourth-order valence-corrected chi connectivity index (χ4v) is 5.33. The molecule has 2 fully saturated rings. The Morgan fingerprint density at radius 3 is 2.41 bits per heavy atom. The number of fused-ring (bicyclic) bond motifs is 1. The van der Waals surface area contributed by atoms with Crippen LogP contribution in [0.15, 0.2) is 48.7 Å². The molecule has 1 saturated heterocycles. The minimum atomic E-state index is 0.209. The number of hydrogen-bond acceptors (Lipinski definition) is 3. The van der Waals surface area contributed by atoms with Gasteiger partial charge in [0.05, 0.1) is 12.2 Å². The first-order valence-corrected chi connectivity index (χ1v) is 13.0. The molecule has 2 aromatic rings. The summed E-state index contributed by atoms with van der Waals surface area (Å²) in [6, 6.07) is 14.7. The van der Waals surface area contributed by atoms with Crippen LogP contribution in [0.25, 0.3) is 0 Å². The second-order valence-corrected chi connectivity index (χ2v) is 9.55. The third kappa shape index (κ3) is 6.81. The molecule has 1 unspecified atom stereocenters. The molecule has 1 saturated carbocycles. The van der Waals surface area contributed by atoms with Crippen molar-refractivity contribution in [3.8, 4) is 5.75 Å². The number of hydrogen-bond donors (Lipinski definition) is 0. The average Bonchev–Trinajstić information content (AvgIpc) is 3.28. The van der Waals surface area contributed by atoms with E-state index in [-0.39, 0.29) is 5.60 Å². The van der Waals surface area contributed by atoms with Gasteiger partial charge in [0, 0.05) is 24.4 Å². The third-order valence-corrected chi connectivity index (χ3v) is 6.83. The topological polar surface area (TPSA) is 31.4 Å². The number of aromatic nitrogens is 1. The van der Waals surface area contributed by atoms with E-state index >= 15 is 0 Å². The van der Waals surface area contributed by atoms with E-state index < -0.39 is 0 Å². The number of pyridine rings is 1. The molecule has 0 radical (unpaired) electrons. The lowest BCUT2D eigenvalue weighted by molar-refractivity contribution is -0.0809. The van der Waals surface area contributed by atoms with Crippen LogP contribution >= 0.6 is 0 Å². The summed E-state index contributed by atoms with van der Waals surface area (Å²) < 4.78 is 11.7. The van der Waals surface area contributed by atoms with Crippen LogP contribution in [-0.2, 0) is 4.74 Å². The van der Waals surface area contributed by atoms with Crippen LogP contribution in [0.4, 0.5) is 0 Å². The Hall–Kier alpha value is -1.87. The van der Waals surface area contributed by atoms with E-state index in [1.807, 2.05) is 18.3 Å². The number of ether oxygens (including phenoxy) is 2. The predicted octanol–water partition coefficient (Wildman–Crippen LogP) is 8.06. The summed E-state index contributed by atoms with van der Waals surface area (Å²) in [5, 5.41) is 0. The first-order chi connectivity index (χ1) is 15.7. The lowest BCUT2D eigenvalue weighted by atomic mass is 9.83. The summed E-state index contributed by atoms with van der Waals surface area (Å²) in [4.78, 5) is 4.50. The summed E-state index contributed by atoms with van der Waals surface area (Å²) in [7, 11) is 0. The van der Waals surface area contributed by atoms with Crippen molar-refractivity contribution in [2.75, 3.05) is 13.2 Å². The van der Waals surface area contributed by atoms with Crippen LogP contribution < -0.4 is 4.74 Å². The van der Waals surface area contributed by atoms with Crippen molar-refractivity contribution in [2.24, 2.45) is 0 Å². The van der Waals surface area contributed by atoms with Gasteiger partial charge in [-0.25, -0.2) is 0 Å². The van der Waals surface area contributed by atoms with Crippen LogP contribution in [0.5, 0.6) is 5.75 Å². The second kappa shape index (κ2) is 13.0. The van der Waals surface area contributed by atoms with E-state index in [1.54, 1.807) is 0 Å². The first kappa shape index (κ1) is 24.8. The molecule has 3 heteroatoms. The molecule has 1 aliphatic carbocycles. The molecule has 1 aromatic carbocycles. The van der Waals surface area contributed by atoms with Crippen LogP contribution in [0.1, 0.15) is 108 Å². The Bertz CT molecular complexity index is 770. The maximum absolute atomic E-state index is 6.05. The molecule has 0 bridgehead atoms. The fourth-order valence-electron chi connectivity index (χ4n) is 5.33. The van der Waals surface area contributed by atoms with Gasteiger partial charge in [0.1, 0.15) is 5.75 Å². The molecule has 5 rings (SSSR count). The highest BCUT2D eigenvalue weighted by Crippen LogP contribution is 2.44. The molecule has 1 spiro atoms. The van der Waals surface area contributed by atoms with Crippen molar-refractivity contribution in [2.45, 2.75) is 102 Å². The molecule has 176 valence electrons. The van der Waals surface area contributed by atoms with Crippen molar-refractivity contribution in [1.29, 1.82) is 0 Å². The zero-order valence-corrected chi connectivity index (χ0v) is 20.5. The number of para-hydroxylation sites is 1. The van der Waals surface area contributed by atoms with Gasteiger partial charge in [-0.2, -0.15) is 0 Å². The highest BCUT2D eigenvalue weighted by Gasteiger charge is 2.40. The molecular weight excluding hydrogens is 394 g/mol. The highest BCUT2D eigenvalue weighted by molar-refractivity contribution is 5.37. The smallest absolute Gasteiger partial charge is 0.122 e. The van der Waals surface area contributed by atoms with Crippen molar-refractivity contribution in [3.05, 3.63) is 59.9 Å². The maximum atomic E-state index is 6.05. The van der Waals surface area contributed by atoms with E-state index in [2.05, 4.69) is 56.1 Å². The molecule has 2 atom stereocenters. The monoisotopic (exact) mass is 437 g/mol. The van der Waals surface area contributed by atoms with Crippen molar-refractivity contribution < 1.29 is 9.47 Å². The van der Waals surface area contributed by atoms with E-state index in [0.29, 0.717) is 5.92 Å². The summed E-state index contributed by atoms with van der Waals surface area (Å²) >= 11 is 0. The van der Waals surface area contributed by atoms with Gasteiger partial charge in [-0.3, -0.25) is 4.98 Å². The van der Waals surface area contributed by atoms with Gasteiger partial charge in [-0.15, -0.1) is 0 Å². The minimum Gasteiger partial charge on any atom is -0.493 e. The Morgan fingerprint density at radius 2 is 1.69 bits per heavy atom. The second-order valence-electron chi connectivity index (χ2n) is 9.55. The summed E-state index contributed by atoms with van der Waals surface area (Å²) in [6.45, 7) is 8.31. The third-order valence-electron chi connectivity index (χ3n) is 6.83. The summed E-state index contributed by atoms with van der Waals surface area (Å²) in [6.07, 6.45) is 14.4. The van der Waals surface area contributed by atoms with Gasteiger partial charge in [0.15, 0.2) is 0 Å². The Balaban J connectivity index is 0.000000164. The van der Waals surface area contributed by atoms with Gasteiger partial charge in [0.2, 0.25) is 0 Å². The van der Waals surface area contributed by atoms with Crippen molar-refractivity contribution >= 4 is 0 Å². The number of benzene rings is 1. The van der Waals surface area contributed by atoms with Crippen LogP contribution in [0.2, 0.25) is 0 Å². The molecule has 2 aliphatic heterocycles. The quantitative estimate of drug-likeness (QED) is 0.486. The summed E-state index contributed by atoms with van der Waals surface area (Å²) in [5.41, 5.74) is 2.88. The van der Waals surface area contributed by atoms with Crippen LogP contribution in [-0.4, -0.2) is 23.8 Å². The van der Waals surface area contributed by atoms with E-state index in [1.165, 1.54) is 69.0 Å². The zero-order valence-electron chi connectivity index (χ0n) is 20.5.